The number of aromatic hydroxyl groups is 2. The summed E-state index contributed by atoms with van der Waals surface area (Å²) in [5.74, 6) is -0.625. The fourth-order valence-electron chi connectivity index (χ4n) is 1.76. The zero-order chi connectivity index (χ0) is 13.1. The van der Waals surface area contributed by atoms with Crippen molar-refractivity contribution in [3.05, 3.63) is 53.3 Å². The predicted octanol–water partition coefficient (Wildman–Crippen LogP) is 3.16. The number of hydrogen-bond acceptors (Lipinski definition) is 3. The maximum Gasteiger partial charge on any atom is 0.162 e. The van der Waals surface area contributed by atoms with Gasteiger partial charge < -0.3 is 15.5 Å². The van der Waals surface area contributed by atoms with Crippen LogP contribution in [-0.2, 0) is 6.54 Å². The molecular formula is C14H14FNO2. The number of phenolic OH excluding ortho intramolecular Hbond substituents is 2. The van der Waals surface area contributed by atoms with Gasteiger partial charge in [-0.1, -0.05) is 12.1 Å². The van der Waals surface area contributed by atoms with E-state index in [1.165, 1.54) is 18.2 Å². The lowest BCUT2D eigenvalue weighted by Gasteiger charge is -2.09. The summed E-state index contributed by atoms with van der Waals surface area (Å²) >= 11 is 0. The van der Waals surface area contributed by atoms with Crippen molar-refractivity contribution in [2.75, 3.05) is 5.32 Å². The maximum absolute atomic E-state index is 13.2. The summed E-state index contributed by atoms with van der Waals surface area (Å²) in [7, 11) is 0. The molecule has 0 radical (unpaired) electrons. The number of anilines is 1. The third-order valence-corrected chi connectivity index (χ3v) is 2.62. The van der Waals surface area contributed by atoms with Crippen molar-refractivity contribution in [3.63, 3.8) is 0 Å². The van der Waals surface area contributed by atoms with Crippen molar-refractivity contribution < 1.29 is 14.6 Å². The molecule has 0 fully saturated rings. The molecule has 2 aromatic carbocycles. The van der Waals surface area contributed by atoms with Gasteiger partial charge in [-0.15, -0.1) is 0 Å². The van der Waals surface area contributed by atoms with Gasteiger partial charge in [-0.05, 0) is 36.8 Å². The topological polar surface area (TPSA) is 52.5 Å². The molecule has 2 rings (SSSR count). The SMILES string of the molecule is Cc1cc(F)cc(NCc2cccc(O)c2O)c1. The van der Waals surface area contributed by atoms with Crippen molar-refractivity contribution in [3.8, 4) is 11.5 Å². The van der Waals surface area contributed by atoms with Crippen LogP contribution in [-0.4, -0.2) is 10.2 Å². The summed E-state index contributed by atoms with van der Waals surface area (Å²) in [6.45, 7) is 2.11. The van der Waals surface area contributed by atoms with E-state index in [1.54, 1.807) is 19.1 Å². The minimum atomic E-state index is -0.308. The number of hydrogen-bond donors (Lipinski definition) is 3. The van der Waals surface area contributed by atoms with Gasteiger partial charge in [0.1, 0.15) is 5.82 Å². The van der Waals surface area contributed by atoms with Crippen LogP contribution >= 0.6 is 0 Å². The van der Waals surface area contributed by atoms with E-state index in [4.69, 9.17) is 0 Å². The summed E-state index contributed by atoms with van der Waals surface area (Å²) in [4.78, 5) is 0. The van der Waals surface area contributed by atoms with Crippen LogP contribution in [0.3, 0.4) is 0 Å². The zero-order valence-electron chi connectivity index (χ0n) is 9.94. The molecule has 0 spiro atoms. The molecule has 0 bridgehead atoms. The van der Waals surface area contributed by atoms with Crippen LogP contribution in [0, 0.1) is 12.7 Å². The summed E-state index contributed by atoms with van der Waals surface area (Å²) in [5, 5.41) is 22.0. The number of benzene rings is 2. The molecule has 0 saturated heterocycles. The largest absolute Gasteiger partial charge is 0.504 e. The van der Waals surface area contributed by atoms with E-state index >= 15 is 0 Å². The molecule has 0 aromatic heterocycles. The molecule has 18 heavy (non-hydrogen) atoms. The van der Waals surface area contributed by atoms with Gasteiger partial charge in [-0.25, -0.2) is 4.39 Å². The van der Waals surface area contributed by atoms with Crippen LogP contribution in [0.5, 0.6) is 11.5 Å². The molecule has 2 aromatic rings. The normalized spacial score (nSPS) is 10.3. The van der Waals surface area contributed by atoms with Gasteiger partial charge in [0.15, 0.2) is 11.5 Å². The van der Waals surface area contributed by atoms with Crippen LogP contribution in [0.2, 0.25) is 0 Å². The highest BCUT2D eigenvalue weighted by Gasteiger charge is 2.05. The lowest BCUT2D eigenvalue weighted by molar-refractivity contribution is 0.400. The number of halogens is 1. The summed E-state index contributed by atoms with van der Waals surface area (Å²) in [6.07, 6.45) is 0. The number of aryl methyl sites for hydroxylation is 1. The van der Waals surface area contributed by atoms with Crippen molar-refractivity contribution in [1.29, 1.82) is 0 Å². The van der Waals surface area contributed by atoms with Gasteiger partial charge in [0.25, 0.3) is 0 Å². The Morgan fingerprint density at radius 1 is 1.17 bits per heavy atom. The van der Waals surface area contributed by atoms with Crippen LogP contribution in [0.1, 0.15) is 11.1 Å². The average Bonchev–Trinajstić information content (AvgIpc) is 2.30. The summed E-state index contributed by atoms with van der Waals surface area (Å²) in [5.41, 5.74) is 2.00. The highest BCUT2D eigenvalue weighted by atomic mass is 19.1. The van der Waals surface area contributed by atoms with Gasteiger partial charge in [0, 0.05) is 17.8 Å². The second-order valence-corrected chi connectivity index (χ2v) is 4.16. The molecule has 3 nitrogen and oxygen atoms in total. The minimum Gasteiger partial charge on any atom is -0.504 e. The molecular weight excluding hydrogens is 233 g/mol. The molecule has 94 valence electrons. The van der Waals surface area contributed by atoms with Crippen LogP contribution in [0.15, 0.2) is 36.4 Å². The number of rotatable bonds is 3. The third kappa shape index (κ3) is 2.71. The first kappa shape index (κ1) is 12.2. The Kier molecular flexibility index (Phi) is 3.37. The van der Waals surface area contributed by atoms with Crippen molar-refractivity contribution >= 4 is 5.69 Å². The summed E-state index contributed by atoms with van der Waals surface area (Å²) < 4.78 is 13.2. The molecule has 0 atom stereocenters. The van der Waals surface area contributed by atoms with Crippen LogP contribution < -0.4 is 5.32 Å². The molecule has 0 aliphatic heterocycles. The Morgan fingerprint density at radius 3 is 2.67 bits per heavy atom. The fourth-order valence-corrected chi connectivity index (χ4v) is 1.76. The van der Waals surface area contributed by atoms with Gasteiger partial charge in [-0.3, -0.25) is 0 Å². The van der Waals surface area contributed by atoms with Crippen LogP contribution in [0.25, 0.3) is 0 Å². The zero-order valence-corrected chi connectivity index (χ0v) is 9.94. The van der Waals surface area contributed by atoms with Crippen molar-refractivity contribution in [2.24, 2.45) is 0 Å². The Balaban J connectivity index is 2.14. The van der Waals surface area contributed by atoms with E-state index in [2.05, 4.69) is 5.32 Å². The van der Waals surface area contributed by atoms with E-state index < -0.39 is 0 Å². The lowest BCUT2D eigenvalue weighted by Crippen LogP contribution is -2.00. The molecule has 0 heterocycles. The Morgan fingerprint density at radius 2 is 1.94 bits per heavy atom. The monoisotopic (exact) mass is 247 g/mol. The maximum atomic E-state index is 13.2. The quantitative estimate of drug-likeness (QED) is 0.730. The van der Waals surface area contributed by atoms with Crippen molar-refractivity contribution in [2.45, 2.75) is 13.5 Å². The Hall–Kier alpha value is -2.23. The van der Waals surface area contributed by atoms with Gasteiger partial charge in [-0.2, -0.15) is 0 Å². The highest BCUT2D eigenvalue weighted by Crippen LogP contribution is 2.28. The molecule has 0 amide bonds. The van der Waals surface area contributed by atoms with Gasteiger partial charge in [0.05, 0.1) is 0 Å². The van der Waals surface area contributed by atoms with Gasteiger partial charge in [0.2, 0.25) is 0 Å². The highest BCUT2D eigenvalue weighted by molar-refractivity contribution is 5.49. The fraction of sp³-hybridized carbons (Fsp3) is 0.143. The number of phenols is 2. The van der Waals surface area contributed by atoms with E-state index in [-0.39, 0.29) is 17.3 Å². The Bertz CT molecular complexity index is 549. The third-order valence-electron chi connectivity index (χ3n) is 2.62. The van der Waals surface area contributed by atoms with E-state index in [0.29, 0.717) is 17.8 Å². The molecule has 4 heteroatoms. The molecule has 0 saturated carbocycles. The lowest BCUT2D eigenvalue weighted by atomic mass is 10.1. The van der Waals surface area contributed by atoms with E-state index in [9.17, 15) is 14.6 Å². The molecule has 0 unspecified atom stereocenters. The standard InChI is InChI=1S/C14H14FNO2/c1-9-5-11(15)7-12(6-9)16-8-10-3-2-4-13(17)14(10)18/h2-7,16-18H,8H2,1H3. The predicted molar refractivity (Wildman–Crippen MR) is 68.2 cm³/mol. The van der Waals surface area contributed by atoms with Gasteiger partial charge >= 0.3 is 0 Å². The number of para-hydroxylation sites is 1. The van der Waals surface area contributed by atoms with E-state index in [1.807, 2.05) is 6.07 Å². The summed E-state index contributed by atoms with van der Waals surface area (Å²) in [6, 6.07) is 9.37. The first-order valence-corrected chi connectivity index (χ1v) is 5.57. The molecule has 0 aliphatic carbocycles. The molecule has 3 N–H and O–H groups in total. The van der Waals surface area contributed by atoms with E-state index in [0.717, 1.165) is 5.56 Å². The van der Waals surface area contributed by atoms with Crippen molar-refractivity contribution in [1.82, 2.24) is 0 Å². The average molecular weight is 247 g/mol. The van der Waals surface area contributed by atoms with Crippen LogP contribution in [0.4, 0.5) is 10.1 Å². The smallest absolute Gasteiger partial charge is 0.162 e. The second kappa shape index (κ2) is 4.96. The number of nitrogens with one attached hydrogen (secondary N) is 1. The Labute approximate surface area is 105 Å². The minimum absolute atomic E-state index is 0.155. The second-order valence-electron chi connectivity index (χ2n) is 4.16. The first-order valence-electron chi connectivity index (χ1n) is 5.57. The first-order chi connectivity index (χ1) is 8.56. The molecule has 0 aliphatic rings.